The fourth-order valence-corrected chi connectivity index (χ4v) is 1.39. The standard InChI is InChI=1S/C10H13ClN2O3/c11-5-8(14)9(15)6-1-3-7(4-2-6)10(16)13-12/h1-4,8-9,14-15H,5,12H2,(H,13,16). The smallest absolute Gasteiger partial charge is 0.265 e. The third kappa shape index (κ3) is 2.93. The van der Waals surface area contributed by atoms with E-state index in [0.717, 1.165) is 0 Å². The Hall–Kier alpha value is -1.14. The number of hydrazine groups is 1. The van der Waals surface area contributed by atoms with Gasteiger partial charge in [-0.05, 0) is 17.7 Å². The van der Waals surface area contributed by atoms with Crippen LogP contribution in [0.3, 0.4) is 0 Å². The summed E-state index contributed by atoms with van der Waals surface area (Å²) in [5, 5.41) is 18.9. The molecule has 6 heteroatoms. The zero-order valence-electron chi connectivity index (χ0n) is 8.43. The minimum atomic E-state index is -1.06. The van der Waals surface area contributed by atoms with Crippen LogP contribution in [-0.2, 0) is 0 Å². The van der Waals surface area contributed by atoms with E-state index in [1.807, 2.05) is 5.43 Å². The molecule has 1 rings (SSSR count). The van der Waals surface area contributed by atoms with Crippen molar-refractivity contribution < 1.29 is 15.0 Å². The maximum Gasteiger partial charge on any atom is 0.265 e. The summed E-state index contributed by atoms with van der Waals surface area (Å²) >= 11 is 5.41. The van der Waals surface area contributed by atoms with Crippen molar-refractivity contribution in [1.29, 1.82) is 0 Å². The van der Waals surface area contributed by atoms with Gasteiger partial charge in [-0.1, -0.05) is 12.1 Å². The summed E-state index contributed by atoms with van der Waals surface area (Å²) in [6, 6.07) is 6.07. The zero-order valence-corrected chi connectivity index (χ0v) is 9.19. The van der Waals surface area contributed by atoms with Gasteiger partial charge in [-0.2, -0.15) is 0 Å². The van der Waals surface area contributed by atoms with Crippen LogP contribution in [0.25, 0.3) is 0 Å². The molecule has 0 bridgehead atoms. The average molecular weight is 245 g/mol. The number of nitrogens with two attached hydrogens (primary N) is 1. The first-order chi connectivity index (χ1) is 7.60. The number of aliphatic hydroxyl groups is 2. The van der Waals surface area contributed by atoms with Crippen LogP contribution in [0.1, 0.15) is 22.0 Å². The Bertz CT molecular complexity index is 356. The average Bonchev–Trinajstić information content (AvgIpc) is 2.36. The normalized spacial score (nSPS) is 14.2. The quantitative estimate of drug-likeness (QED) is 0.258. The predicted octanol–water partition coefficient (Wildman–Crippen LogP) is -0.0768. The maximum atomic E-state index is 11.1. The Labute approximate surface area is 97.8 Å². The van der Waals surface area contributed by atoms with Gasteiger partial charge < -0.3 is 10.2 Å². The number of nitrogen functional groups attached to an aromatic ring is 1. The first-order valence-corrected chi connectivity index (χ1v) is 5.16. The van der Waals surface area contributed by atoms with Crippen molar-refractivity contribution in [1.82, 2.24) is 5.43 Å². The molecular formula is C10H13ClN2O3. The summed E-state index contributed by atoms with van der Waals surface area (Å²) in [4.78, 5) is 11.1. The number of hydrogen-bond donors (Lipinski definition) is 4. The number of hydrogen-bond acceptors (Lipinski definition) is 4. The summed E-state index contributed by atoms with van der Waals surface area (Å²) in [6.07, 6.45) is -2.09. The minimum Gasteiger partial charge on any atom is -0.389 e. The lowest BCUT2D eigenvalue weighted by Crippen LogP contribution is -2.30. The molecule has 0 saturated heterocycles. The molecule has 1 aromatic rings. The Morgan fingerprint density at radius 3 is 2.38 bits per heavy atom. The van der Waals surface area contributed by atoms with Crippen LogP contribution in [0.2, 0.25) is 0 Å². The Morgan fingerprint density at radius 2 is 1.94 bits per heavy atom. The molecule has 0 saturated carbocycles. The molecule has 0 aliphatic carbocycles. The molecule has 0 radical (unpaired) electrons. The second-order valence-corrected chi connectivity index (χ2v) is 3.57. The summed E-state index contributed by atoms with van der Waals surface area (Å²) in [5.41, 5.74) is 2.85. The van der Waals surface area contributed by atoms with Gasteiger partial charge in [-0.25, -0.2) is 5.84 Å². The number of halogens is 1. The lowest BCUT2D eigenvalue weighted by Gasteiger charge is -2.15. The van der Waals surface area contributed by atoms with E-state index < -0.39 is 18.1 Å². The molecule has 88 valence electrons. The molecule has 2 atom stereocenters. The molecule has 16 heavy (non-hydrogen) atoms. The van der Waals surface area contributed by atoms with Gasteiger partial charge in [0.25, 0.3) is 5.91 Å². The largest absolute Gasteiger partial charge is 0.389 e. The Morgan fingerprint density at radius 1 is 1.38 bits per heavy atom. The highest BCUT2D eigenvalue weighted by Gasteiger charge is 2.17. The second kappa shape index (κ2) is 5.81. The highest BCUT2D eigenvalue weighted by molar-refractivity contribution is 6.18. The topological polar surface area (TPSA) is 95.6 Å². The van der Waals surface area contributed by atoms with Crippen molar-refractivity contribution in [2.45, 2.75) is 12.2 Å². The van der Waals surface area contributed by atoms with E-state index in [-0.39, 0.29) is 5.88 Å². The number of carbonyl (C=O) groups is 1. The molecule has 1 aromatic carbocycles. The molecule has 1 amide bonds. The van der Waals surface area contributed by atoms with Crippen LogP contribution < -0.4 is 11.3 Å². The van der Waals surface area contributed by atoms with E-state index in [0.29, 0.717) is 11.1 Å². The van der Waals surface area contributed by atoms with Gasteiger partial charge in [-0.15, -0.1) is 11.6 Å². The summed E-state index contributed by atoms with van der Waals surface area (Å²) in [5.74, 6) is 4.48. The first-order valence-electron chi connectivity index (χ1n) is 4.63. The third-order valence-corrected chi connectivity index (χ3v) is 2.48. The van der Waals surface area contributed by atoms with Crippen LogP contribution in [-0.4, -0.2) is 28.1 Å². The second-order valence-electron chi connectivity index (χ2n) is 3.26. The molecule has 0 spiro atoms. The SMILES string of the molecule is NNC(=O)c1ccc(C(O)C(O)CCl)cc1. The fourth-order valence-electron chi connectivity index (χ4n) is 1.22. The van der Waals surface area contributed by atoms with Crippen molar-refractivity contribution in [3.8, 4) is 0 Å². The Kier molecular flexibility index (Phi) is 4.70. The number of alkyl halides is 1. The molecular weight excluding hydrogens is 232 g/mol. The van der Waals surface area contributed by atoms with Gasteiger partial charge in [0.15, 0.2) is 0 Å². The van der Waals surface area contributed by atoms with Crippen LogP contribution in [0.4, 0.5) is 0 Å². The van der Waals surface area contributed by atoms with Crippen molar-refractivity contribution in [2.75, 3.05) is 5.88 Å². The molecule has 2 unspecified atom stereocenters. The van der Waals surface area contributed by atoms with Crippen LogP contribution in [0, 0.1) is 0 Å². The third-order valence-electron chi connectivity index (χ3n) is 2.17. The van der Waals surface area contributed by atoms with Crippen molar-refractivity contribution in [3.63, 3.8) is 0 Å². The summed E-state index contributed by atoms with van der Waals surface area (Å²) in [6.45, 7) is 0. The Balaban J connectivity index is 2.82. The number of aliphatic hydroxyl groups excluding tert-OH is 2. The minimum absolute atomic E-state index is 0.0633. The molecule has 5 nitrogen and oxygen atoms in total. The van der Waals surface area contributed by atoms with Gasteiger partial charge >= 0.3 is 0 Å². The maximum absolute atomic E-state index is 11.1. The van der Waals surface area contributed by atoms with Crippen LogP contribution in [0.15, 0.2) is 24.3 Å². The highest BCUT2D eigenvalue weighted by atomic mass is 35.5. The van der Waals surface area contributed by atoms with Crippen molar-refractivity contribution >= 4 is 17.5 Å². The van der Waals surface area contributed by atoms with Gasteiger partial charge in [0, 0.05) is 5.56 Å². The summed E-state index contributed by atoms with van der Waals surface area (Å²) in [7, 11) is 0. The van der Waals surface area contributed by atoms with Gasteiger partial charge in [0.05, 0.1) is 12.0 Å². The van der Waals surface area contributed by atoms with Crippen molar-refractivity contribution in [3.05, 3.63) is 35.4 Å². The lowest BCUT2D eigenvalue weighted by molar-refractivity contribution is 0.0327. The van der Waals surface area contributed by atoms with Crippen LogP contribution >= 0.6 is 11.6 Å². The van der Waals surface area contributed by atoms with Crippen molar-refractivity contribution in [2.24, 2.45) is 5.84 Å². The predicted molar refractivity (Wildman–Crippen MR) is 59.8 cm³/mol. The first kappa shape index (κ1) is 12.9. The number of carbonyl (C=O) groups excluding carboxylic acids is 1. The van der Waals surface area contributed by atoms with Gasteiger partial charge in [0.1, 0.15) is 6.10 Å². The van der Waals surface area contributed by atoms with Gasteiger partial charge in [0.2, 0.25) is 0 Å². The lowest BCUT2D eigenvalue weighted by atomic mass is 10.0. The van der Waals surface area contributed by atoms with Crippen LogP contribution in [0.5, 0.6) is 0 Å². The van der Waals surface area contributed by atoms with E-state index in [2.05, 4.69) is 0 Å². The van der Waals surface area contributed by atoms with E-state index in [9.17, 15) is 15.0 Å². The fraction of sp³-hybridized carbons (Fsp3) is 0.300. The number of nitrogens with one attached hydrogen (secondary N) is 1. The number of benzene rings is 1. The molecule has 0 fully saturated rings. The van der Waals surface area contributed by atoms with Gasteiger partial charge in [-0.3, -0.25) is 10.2 Å². The van der Waals surface area contributed by atoms with E-state index >= 15 is 0 Å². The monoisotopic (exact) mass is 244 g/mol. The van der Waals surface area contributed by atoms with E-state index in [4.69, 9.17) is 17.4 Å². The summed E-state index contributed by atoms with van der Waals surface area (Å²) < 4.78 is 0. The molecule has 0 aliphatic rings. The van der Waals surface area contributed by atoms with E-state index in [1.54, 1.807) is 0 Å². The molecule has 5 N–H and O–H groups in total. The van der Waals surface area contributed by atoms with E-state index in [1.165, 1.54) is 24.3 Å². The molecule has 0 aromatic heterocycles. The molecule has 0 heterocycles. The number of amides is 1. The molecule has 0 aliphatic heterocycles. The number of rotatable bonds is 4. The zero-order chi connectivity index (χ0) is 12.1. The highest BCUT2D eigenvalue weighted by Crippen LogP contribution is 2.18.